The Kier molecular flexibility index (Phi) is 1.95. The van der Waals surface area contributed by atoms with Crippen molar-refractivity contribution >= 4 is 11.0 Å². The third-order valence-electron chi connectivity index (χ3n) is 3.18. The first-order chi connectivity index (χ1) is 7.34. The molecular formula is C11H14N4. The molecule has 2 aromatic rings. The molecule has 4 heteroatoms. The third-order valence-corrected chi connectivity index (χ3v) is 3.18. The predicted octanol–water partition coefficient (Wildman–Crippen LogP) is 1.42. The van der Waals surface area contributed by atoms with Gasteiger partial charge in [0.05, 0.1) is 17.2 Å². The molecule has 2 N–H and O–H groups in total. The number of aromatic amines is 1. The van der Waals surface area contributed by atoms with Gasteiger partial charge in [0.1, 0.15) is 5.82 Å². The van der Waals surface area contributed by atoms with Gasteiger partial charge in [0.2, 0.25) is 0 Å². The Labute approximate surface area is 88.1 Å². The van der Waals surface area contributed by atoms with Crippen LogP contribution in [0.2, 0.25) is 0 Å². The highest BCUT2D eigenvalue weighted by molar-refractivity contribution is 5.73. The van der Waals surface area contributed by atoms with Crippen molar-refractivity contribution in [3.63, 3.8) is 0 Å². The molecule has 1 aliphatic rings. The highest BCUT2D eigenvalue weighted by Crippen LogP contribution is 2.26. The van der Waals surface area contributed by atoms with Gasteiger partial charge in [-0.05, 0) is 26.0 Å². The van der Waals surface area contributed by atoms with E-state index < -0.39 is 0 Å². The lowest BCUT2D eigenvalue weighted by Crippen LogP contribution is -2.22. The van der Waals surface area contributed by atoms with Crippen LogP contribution in [0.1, 0.15) is 25.1 Å². The van der Waals surface area contributed by atoms with Crippen molar-refractivity contribution in [1.29, 1.82) is 0 Å². The zero-order valence-corrected chi connectivity index (χ0v) is 8.70. The lowest BCUT2D eigenvalue weighted by Gasteiger charge is -2.11. The van der Waals surface area contributed by atoms with Crippen LogP contribution < -0.4 is 5.32 Å². The molecule has 2 atom stereocenters. The number of H-pyrrole nitrogens is 1. The quantitative estimate of drug-likeness (QED) is 0.735. The molecule has 1 aliphatic heterocycles. The zero-order chi connectivity index (χ0) is 10.3. The van der Waals surface area contributed by atoms with Gasteiger partial charge < -0.3 is 10.3 Å². The van der Waals surface area contributed by atoms with Crippen molar-refractivity contribution in [2.45, 2.75) is 25.3 Å². The molecule has 78 valence electrons. The number of nitrogens with zero attached hydrogens (tertiary/aromatic N) is 2. The van der Waals surface area contributed by atoms with Gasteiger partial charge in [-0.15, -0.1) is 0 Å². The van der Waals surface area contributed by atoms with Crippen LogP contribution in [0, 0.1) is 0 Å². The molecule has 0 aromatic carbocycles. The van der Waals surface area contributed by atoms with Crippen LogP contribution in [0.3, 0.4) is 0 Å². The molecule has 0 radical (unpaired) electrons. The van der Waals surface area contributed by atoms with Gasteiger partial charge in [-0.3, -0.25) is 4.98 Å². The molecule has 2 aromatic heterocycles. The van der Waals surface area contributed by atoms with Crippen molar-refractivity contribution in [3.05, 3.63) is 24.3 Å². The minimum Gasteiger partial charge on any atom is -0.340 e. The van der Waals surface area contributed by atoms with E-state index in [0.29, 0.717) is 12.0 Å². The largest absolute Gasteiger partial charge is 0.340 e. The first kappa shape index (κ1) is 8.85. The maximum atomic E-state index is 4.61. The van der Waals surface area contributed by atoms with Crippen LogP contribution >= 0.6 is 0 Å². The van der Waals surface area contributed by atoms with E-state index >= 15 is 0 Å². The Balaban J connectivity index is 2.04. The minimum atomic E-state index is 0.511. The van der Waals surface area contributed by atoms with Crippen molar-refractivity contribution < 1.29 is 0 Å². The fourth-order valence-corrected chi connectivity index (χ4v) is 2.28. The molecule has 1 saturated heterocycles. The number of nitrogens with one attached hydrogen (secondary N) is 2. The summed E-state index contributed by atoms with van der Waals surface area (Å²) < 4.78 is 0. The third kappa shape index (κ3) is 1.41. The summed E-state index contributed by atoms with van der Waals surface area (Å²) in [4.78, 5) is 12.0. The summed E-state index contributed by atoms with van der Waals surface area (Å²) in [6.07, 6.45) is 4.77. The van der Waals surface area contributed by atoms with E-state index in [9.17, 15) is 0 Å². The van der Waals surface area contributed by atoms with Crippen LogP contribution in [-0.2, 0) is 0 Å². The number of fused-ring (bicyclic) bond motifs is 1. The summed E-state index contributed by atoms with van der Waals surface area (Å²) in [5.41, 5.74) is 2.05. The Morgan fingerprint density at radius 2 is 2.40 bits per heavy atom. The first-order valence-corrected chi connectivity index (χ1v) is 5.37. The van der Waals surface area contributed by atoms with Crippen LogP contribution in [0.25, 0.3) is 11.0 Å². The van der Waals surface area contributed by atoms with E-state index in [2.05, 4.69) is 27.2 Å². The van der Waals surface area contributed by atoms with Crippen LogP contribution in [0.4, 0.5) is 0 Å². The zero-order valence-electron chi connectivity index (χ0n) is 8.70. The second kappa shape index (κ2) is 3.31. The second-order valence-corrected chi connectivity index (χ2v) is 4.15. The van der Waals surface area contributed by atoms with Gasteiger partial charge in [0.25, 0.3) is 0 Å². The van der Waals surface area contributed by atoms with Crippen molar-refractivity contribution in [2.75, 3.05) is 6.54 Å². The maximum absolute atomic E-state index is 4.61. The minimum absolute atomic E-state index is 0.511. The van der Waals surface area contributed by atoms with Gasteiger partial charge in [0, 0.05) is 18.2 Å². The van der Waals surface area contributed by atoms with E-state index in [-0.39, 0.29) is 0 Å². The molecule has 15 heavy (non-hydrogen) atoms. The van der Waals surface area contributed by atoms with Gasteiger partial charge in [-0.1, -0.05) is 0 Å². The van der Waals surface area contributed by atoms with Crippen molar-refractivity contribution in [3.8, 4) is 0 Å². The molecular weight excluding hydrogens is 188 g/mol. The van der Waals surface area contributed by atoms with E-state index in [1.165, 1.54) is 0 Å². The Morgan fingerprint density at radius 3 is 3.13 bits per heavy atom. The van der Waals surface area contributed by atoms with E-state index in [4.69, 9.17) is 0 Å². The van der Waals surface area contributed by atoms with Crippen molar-refractivity contribution in [2.24, 2.45) is 0 Å². The smallest absolute Gasteiger partial charge is 0.112 e. The first-order valence-electron chi connectivity index (χ1n) is 5.37. The Bertz CT molecular complexity index is 443. The molecule has 1 fully saturated rings. The average Bonchev–Trinajstić information content (AvgIpc) is 2.82. The number of aromatic nitrogens is 3. The van der Waals surface area contributed by atoms with Gasteiger partial charge in [-0.25, -0.2) is 4.98 Å². The normalized spacial score (nSPS) is 26.2. The molecule has 4 nitrogen and oxygen atoms in total. The van der Waals surface area contributed by atoms with Crippen LogP contribution in [-0.4, -0.2) is 27.5 Å². The predicted molar refractivity (Wildman–Crippen MR) is 58.7 cm³/mol. The SMILES string of the molecule is CC1NCCC1c1nc2ccncc2[nH]1. The van der Waals surface area contributed by atoms with E-state index in [0.717, 1.165) is 29.8 Å². The summed E-state index contributed by atoms with van der Waals surface area (Å²) in [6, 6.07) is 2.46. The van der Waals surface area contributed by atoms with Crippen molar-refractivity contribution in [1.82, 2.24) is 20.3 Å². The fourth-order valence-electron chi connectivity index (χ4n) is 2.28. The van der Waals surface area contributed by atoms with E-state index in [1.807, 2.05) is 12.3 Å². The lowest BCUT2D eigenvalue weighted by atomic mass is 10.0. The lowest BCUT2D eigenvalue weighted by molar-refractivity contribution is 0.574. The molecule has 0 bridgehead atoms. The summed E-state index contributed by atoms with van der Waals surface area (Å²) in [5, 5.41) is 3.44. The molecule has 0 amide bonds. The Morgan fingerprint density at radius 1 is 1.47 bits per heavy atom. The van der Waals surface area contributed by atoms with Gasteiger partial charge in [0.15, 0.2) is 0 Å². The van der Waals surface area contributed by atoms with Gasteiger partial charge >= 0.3 is 0 Å². The monoisotopic (exact) mass is 202 g/mol. The van der Waals surface area contributed by atoms with Crippen LogP contribution in [0.5, 0.6) is 0 Å². The maximum Gasteiger partial charge on any atom is 0.112 e. The molecule has 3 heterocycles. The number of pyridine rings is 1. The van der Waals surface area contributed by atoms with Crippen LogP contribution in [0.15, 0.2) is 18.5 Å². The van der Waals surface area contributed by atoms with E-state index in [1.54, 1.807) is 6.20 Å². The second-order valence-electron chi connectivity index (χ2n) is 4.15. The standard InChI is InChI=1S/C11H14N4/c1-7-8(2-5-13-7)11-14-9-3-4-12-6-10(9)15-11/h3-4,6-8,13H,2,5H2,1H3,(H,14,15). The Hall–Kier alpha value is -1.42. The summed E-state index contributed by atoms with van der Waals surface area (Å²) >= 11 is 0. The van der Waals surface area contributed by atoms with Gasteiger partial charge in [-0.2, -0.15) is 0 Å². The summed E-state index contributed by atoms with van der Waals surface area (Å²) in [6.45, 7) is 3.30. The molecule has 3 rings (SSSR count). The topological polar surface area (TPSA) is 53.6 Å². The number of imidazole rings is 1. The molecule has 2 unspecified atom stereocenters. The molecule has 0 aliphatic carbocycles. The number of hydrogen-bond acceptors (Lipinski definition) is 3. The summed E-state index contributed by atoms with van der Waals surface area (Å²) in [5.74, 6) is 1.60. The summed E-state index contributed by atoms with van der Waals surface area (Å²) in [7, 11) is 0. The average molecular weight is 202 g/mol. The molecule has 0 saturated carbocycles. The fraction of sp³-hybridized carbons (Fsp3) is 0.455. The highest BCUT2D eigenvalue weighted by Gasteiger charge is 2.26. The number of rotatable bonds is 1. The molecule has 0 spiro atoms. The number of hydrogen-bond donors (Lipinski definition) is 2. The highest BCUT2D eigenvalue weighted by atomic mass is 15.0.